The molecule has 10 nitrogen and oxygen atoms in total. The predicted molar refractivity (Wildman–Crippen MR) is 104 cm³/mol. The van der Waals surface area contributed by atoms with E-state index in [4.69, 9.17) is 15.2 Å². The van der Waals surface area contributed by atoms with Crippen LogP contribution in [-0.4, -0.2) is 61.9 Å². The molecule has 0 aromatic rings. The van der Waals surface area contributed by atoms with Gasteiger partial charge in [0.25, 0.3) is 0 Å². The van der Waals surface area contributed by atoms with Crippen molar-refractivity contribution >= 4 is 18.2 Å². The highest BCUT2D eigenvalue weighted by Crippen LogP contribution is 2.17. The standard InChI is InChI=1S/C18H36N4O6/c1-6-8-11-20-16(24)27-14(3)22(13-10-15(23)26-5)18(4,19)28-17(25)21-12-9-7-2/h14H,6-13,19H2,1-5H3,(H,20,24)(H,21,25). The maximum Gasteiger partial charge on any atom is 0.409 e. The zero-order valence-corrected chi connectivity index (χ0v) is 17.7. The summed E-state index contributed by atoms with van der Waals surface area (Å²) in [5.41, 5.74) is 6.17. The summed E-state index contributed by atoms with van der Waals surface area (Å²) in [7, 11) is 1.27. The molecule has 0 aromatic heterocycles. The summed E-state index contributed by atoms with van der Waals surface area (Å²) in [5, 5.41) is 5.24. The van der Waals surface area contributed by atoms with E-state index in [1.165, 1.54) is 18.9 Å². The second-order valence-electron chi connectivity index (χ2n) is 6.53. The summed E-state index contributed by atoms with van der Waals surface area (Å²) in [6.07, 6.45) is 1.30. The Morgan fingerprint density at radius 2 is 1.61 bits per heavy atom. The third kappa shape index (κ3) is 10.9. The first kappa shape index (κ1) is 25.9. The third-order valence-corrected chi connectivity index (χ3v) is 3.97. The smallest absolute Gasteiger partial charge is 0.409 e. The largest absolute Gasteiger partial charge is 0.469 e. The third-order valence-electron chi connectivity index (χ3n) is 3.97. The van der Waals surface area contributed by atoms with Crippen LogP contribution in [0.5, 0.6) is 0 Å². The Kier molecular flexibility index (Phi) is 13.0. The van der Waals surface area contributed by atoms with Crippen LogP contribution in [0.1, 0.15) is 59.8 Å². The number of methoxy groups -OCH3 is 1. The zero-order chi connectivity index (χ0) is 21.6. The number of carbonyl (C=O) groups excluding carboxylic acids is 3. The van der Waals surface area contributed by atoms with Gasteiger partial charge in [-0.1, -0.05) is 26.7 Å². The average molecular weight is 405 g/mol. The molecular weight excluding hydrogens is 368 g/mol. The molecule has 0 saturated heterocycles. The Balaban J connectivity index is 5.01. The first-order chi connectivity index (χ1) is 13.2. The van der Waals surface area contributed by atoms with Crippen molar-refractivity contribution < 1.29 is 28.6 Å². The van der Waals surface area contributed by atoms with Crippen LogP contribution in [0, 0.1) is 0 Å². The van der Waals surface area contributed by atoms with Gasteiger partial charge in [0.2, 0.25) is 5.85 Å². The number of hydrogen-bond donors (Lipinski definition) is 3. The number of nitrogens with two attached hydrogens (primary N) is 1. The monoisotopic (exact) mass is 404 g/mol. The topological polar surface area (TPSA) is 132 Å². The van der Waals surface area contributed by atoms with E-state index in [1.807, 2.05) is 13.8 Å². The molecule has 4 N–H and O–H groups in total. The molecule has 2 atom stereocenters. The second kappa shape index (κ2) is 14.0. The SMILES string of the molecule is CCCCNC(=O)OC(C)N(CCC(=O)OC)C(C)(N)OC(=O)NCCCC. The minimum Gasteiger partial charge on any atom is -0.469 e. The molecule has 2 amide bonds. The van der Waals surface area contributed by atoms with Crippen LogP contribution in [0.15, 0.2) is 0 Å². The van der Waals surface area contributed by atoms with E-state index < -0.39 is 30.2 Å². The van der Waals surface area contributed by atoms with Crippen LogP contribution < -0.4 is 16.4 Å². The number of rotatable bonds is 13. The molecule has 0 heterocycles. The molecule has 0 saturated carbocycles. The van der Waals surface area contributed by atoms with Gasteiger partial charge in [-0.2, -0.15) is 0 Å². The van der Waals surface area contributed by atoms with Gasteiger partial charge in [-0.3, -0.25) is 10.5 Å². The Bertz CT molecular complexity index is 487. The number of carbonyl (C=O) groups is 3. The molecule has 0 fully saturated rings. The number of nitrogens with one attached hydrogen (secondary N) is 2. The fourth-order valence-corrected chi connectivity index (χ4v) is 2.36. The average Bonchev–Trinajstić information content (AvgIpc) is 2.61. The number of ether oxygens (including phenoxy) is 3. The van der Waals surface area contributed by atoms with E-state index in [-0.39, 0.29) is 13.0 Å². The maximum absolute atomic E-state index is 12.0. The minimum absolute atomic E-state index is 0.0186. The van der Waals surface area contributed by atoms with Gasteiger partial charge < -0.3 is 24.8 Å². The molecule has 0 aromatic carbocycles. The molecule has 0 spiro atoms. The molecule has 164 valence electrons. The van der Waals surface area contributed by atoms with Gasteiger partial charge in [0, 0.05) is 26.6 Å². The quantitative estimate of drug-likeness (QED) is 0.183. The lowest BCUT2D eigenvalue weighted by Gasteiger charge is -2.39. The van der Waals surface area contributed by atoms with Gasteiger partial charge in [0.05, 0.1) is 13.5 Å². The molecule has 10 heteroatoms. The van der Waals surface area contributed by atoms with Crippen LogP contribution in [0.4, 0.5) is 9.59 Å². The number of nitrogens with zero attached hydrogens (tertiary/aromatic N) is 1. The Labute approximate surface area is 167 Å². The van der Waals surface area contributed by atoms with Crippen LogP contribution in [0.2, 0.25) is 0 Å². The van der Waals surface area contributed by atoms with Crippen molar-refractivity contribution in [2.45, 2.75) is 71.9 Å². The van der Waals surface area contributed by atoms with Crippen molar-refractivity contribution in [1.82, 2.24) is 15.5 Å². The van der Waals surface area contributed by atoms with Crippen molar-refractivity contribution in [1.29, 1.82) is 0 Å². The predicted octanol–water partition coefficient (Wildman–Crippen LogP) is 1.88. The highest BCUT2D eigenvalue weighted by Gasteiger charge is 2.37. The van der Waals surface area contributed by atoms with Crippen molar-refractivity contribution in [3.63, 3.8) is 0 Å². The molecule has 2 unspecified atom stereocenters. The molecule has 0 aliphatic carbocycles. The van der Waals surface area contributed by atoms with Gasteiger partial charge in [-0.15, -0.1) is 0 Å². The lowest BCUT2D eigenvalue weighted by molar-refractivity contribution is -0.163. The molecule has 0 aliphatic heterocycles. The molecule has 0 radical (unpaired) electrons. The van der Waals surface area contributed by atoms with Crippen LogP contribution in [-0.2, 0) is 19.0 Å². The van der Waals surface area contributed by atoms with Crippen LogP contribution >= 0.6 is 0 Å². The number of amides is 2. The summed E-state index contributed by atoms with van der Waals surface area (Å²) in [5.74, 6) is -2.08. The highest BCUT2D eigenvalue weighted by atomic mass is 16.6. The van der Waals surface area contributed by atoms with Crippen molar-refractivity contribution in [2.24, 2.45) is 5.73 Å². The van der Waals surface area contributed by atoms with E-state index in [0.717, 1.165) is 25.7 Å². The van der Waals surface area contributed by atoms with Gasteiger partial charge in [0.15, 0.2) is 6.23 Å². The minimum atomic E-state index is -1.62. The number of esters is 1. The fourth-order valence-electron chi connectivity index (χ4n) is 2.36. The van der Waals surface area contributed by atoms with Gasteiger partial charge in [-0.05, 0) is 19.8 Å². The normalized spacial score (nSPS) is 14.0. The Hall–Kier alpha value is -2.07. The molecule has 28 heavy (non-hydrogen) atoms. The first-order valence-electron chi connectivity index (χ1n) is 9.71. The molecule has 0 bridgehead atoms. The summed E-state index contributed by atoms with van der Waals surface area (Å²) < 4.78 is 15.3. The summed E-state index contributed by atoms with van der Waals surface area (Å²) >= 11 is 0. The number of unbranched alkanes of at least 4 members (excludes halogenated alkanes) is 2. The van der Waals surface area contributed by atoms with E-state index in [1.54, 1.807) is 6.92 Å². The molecule has 0 aliphatic rings. The van der Waals surface area contributed by atoms with Crippen molar-refractivity contribution in [3.05, 3.63) is 0 Å². The van der Waals surface area contributed by atoms with Crippen LogP contribution in [0.3, 0.4) is 0 Å². The summed E-state index contributed by atoms with van der Waals surface area (Å²) in [6.45, 7) is 8.05. The Morgan fingerprint density at radius 1 is 1.07 bits per heavy atom. The summed E-state index contributed by atoms with van der Waals surface area (Å²) in [4.78, 5) is 36.9. The number of alkyl carbamates (subject to hydrolysis) is 2. The highest BCUT2D eigenvalue weighted by molar-refractivity contribution is 5.69. The van der Waals surface area contributed by atoms with Gasteiger partial charge in [-0.25, -0.2) is 14.5 Å². The fraction of sp³-hybridized carbons (Fsp3) is 0.833. The Morgan fingerprint density at radius 3 is 2.11 bits per heavy atom. The lowest BCUT2D eigenvalue weighted by Crippen LogP contribution is -2.62. The first-order valence-corrected chi connectivity index (χ1v) is 9.71. The second-order valence-corrected chi connectivity index (χ2v) is 6.53. The maximum atomic E-state index is 12.0. The van der Waals surface area contributed by atoms with Crippen LogP contribution in [0.25, 0.3) is 0 Å². The van der Waals surface area contributed by atoms with E-state index in [2.05, 4.69) is 15.4 Å². The number of hydrogen-bond acceptors (Lipinski definition) is 8. The molecular formula is C18H36N4O6. The zero-order valence-electron chi connectivity index (χ0n) is 17.7. The van der Waals surface area contributed by atoms with E-state index >= 15 is 0 Å². The van der Waals surface area contributed by atoms with E-state index in [0.29, 0.717) is 13.1 Å². The van der Waals surface area contributed by atoms with Crippen molar-refractivity contribution in [3.8, 4) is 0 Å². The van der Waals surface area contributed by atoms with E-state index in [9.17, 15) is 14.4 Å². The van der Waals surface area contributed by atoms with Crippen molar-refractivity contribution in [2.75, 3.05) is 26.7 Å². The summed E-state index contributed by atoms with van der Waals surface area (Å²) in [6, 6.07) is 0. The van der Waals surface area contributed by atoms with Gasteiger partial charge in [0.1, 0.15) is 0 Å². The van der Waals surface area contributed by atoms with Gasteiger partial charge >= 0.3 is 18.2 Å². The lowest BCUT2D eigenvalue weighted by atomic mass is 10.3. The molecule has 0 rings (SSSR count).